The number of aromatic nitrogens is 1. The molecule has 7 nitrogen and oxygen atoms in total. The van der Waals surface area contributed by atoms with Gasteiger partial charge in [0.1, 0.15) is 11.3 Å². The molecule has 1 aliphatic heterocycles. The van der Waals surface area contributed by atoms with Crippen molar-refractivity contribution in [2.24, 2.45) is 0 Å². The number of aliphatic hydroxyl groups excluding tert-OH is 1. The van der Waals surface area contributed by atoms with Gasteiger partial charge in [0.05, 0.1) is 24.4 Å². The minimum Gasteiger partial charge on any atom is -0.503 e. The predicted molar refractivity (Wildman–Crippen MR) is 125 cm³/mol. The summed E-state index contributed by atoms with van der Waals surface area (Å²) in [5.74, 6) is -1.13. The molecule has 0 saturated carbocycles. The average Bonchev–Trinajstić information content (AvgIpc) is 3.61. The van der Waals surface area contributed by atoms with Gasteiger partial charge in [0.25, 0.3) is 5.91 Å². The van der Waals surface area contributed by atoms with Gasteiger partial charge in [-0.25, -0.2) is 0 Å². The van der Waals surface area contributed by atoms with Crippen molar-refractivity contribution in [1.29, 1.82) is 0 Å². The molecule has 0 radical (unpaired) electrons. The highest BCUT2D eigenvalue weighted by Gasteiger charge is 2.46. The Morgan fingerprint density at radius 1 is 1.09 bits per heavy atom. The molecular weight excluding hydrogens is 432 g/mol. The fourth-order valence-electron chi connectivity index (χ4n) is 4.80. The Morgan fingerprint density at radius 2 is 1.88 bits per heavy atom. The molecule has 1 unspecified atom stereocenters. The first-order chi connectivity index (χ1) is 16.5. The molecule has 5 aromatic rings. The van der Waals surface area contributed by atoms with Crippen molar-refractivity contribution in [1.82, 2.24) is 9.88 Å². The molecule has 1 amide bonds. The number of amides is 1. The Morgan fingerprint density at radius 3 is 2.68 bits per heavy atom. The van der Waals surface area contributed by atoms with Crippen LogP contribution in [0, 0.1) is 6.92 Å². The van der Waals surface area contributed by atoms with E-state index >= 15 is 0 Å². The van der Waals surface area contributed by atoms with Crippen LogP contribution >= 0.6 is 0 Å². The fourth-order valence-corrected chi connectivity index (χ4v) is 4.80. The van der Waals surface area contributed by atoms with Crippen LogP contribution in [0.15, 0.2) is 93.2 Å². The Labute approximate surface area is 193 Å². The summed E-state index contributed by atoms with van der Waals surface area (Å²) >= 11 is 0. The number of nitrogens with zero attached hydrogens (tertiary/aromatic N) is 1. The minimum atomic E-state index is -0.825. The van der Waals surface area contributed by atoms with E-state index in [2.05, 4.69) is 4.98 Å². The Bertz CT molecular complexity index is 1570. The zero-order valence-corrected chi connectivity index (χ0v) is 18.2. The summed E-state index contributed by atoms with van der Waals surface area (Å²) < 4.78 is 11.3. The molecule has 0 saturated heterocycles. The van der Waals surface area contributed by atoms with E-state index < -0.39 is 23.5 Å². The Kier molecular flexibility index (Phi) is 4.45. The smallest absolute Gasteiger partial charge is 0.290 e. The number of ketones is 1. The van der Waals surface area contributed by atoms with Crippen molar-refractivity contribution in [3.05, 3.63) is 107 Å². The summed E-state index contributed by atoms with van der Waals surface area (Å²) in [6.45, 7) is 1.99. The topological polar surface area (TPSA) is 99.7 Å². The second kappa shape index (κ2) is 7.52. The van der Waals surface area contributed by atoms with Gasteiger partial charge in [-0.2, -0.15) is 0 Å². The molecule has 0 bridgehead atoms. The van der Waals surface area contributed by atoms with Gasteiger partial charge in [0.2, 0.25) is 5.78 Å². The largest absolute Gasteiger partial charge is 0.503 e. The number of Topliss-reactive ketones (excluding diaryl/α,β-unsaturated/α-hetero) is 1. The lowest BCUT2D eigenvalue weighted by molar-refractivity contribution is -0.130. The number of aromatic amines is 1. The van der Waals surface area contributed by atoms with E-state index in [0.717, 1.165) is 27.5 Å². The molecule has 2 N–H and O–H groups in total. The van der Waals surface area contributed by atoms with E-state index in [9.17, 15) is 14.7 Å². The number of carbonyl (C=O) groups is 2. The van der Waals surface area contributed by atoms with E-state index in [0.29, 0.717) is 11.3 Å². The highest BCUT2D eigenvalue weighted by atomic mass is 16.3. The fraction of sp³-hybridized carbons (Fsp3) is 0.111. The zero-order chi connectivity index (χ0) is 23.4. The van der Waals surface area contributed by atoms with Crippen LogP contribution in [0.4, 0.5) is 0 Å². The zero-order valence-electron chi connectivity index (χ0n) is 18.2. The highest BCUT2D eigenvalue weighted by Crippen LogP contribution is 2.44. The number of H-pyrrole nitrogens is 1. The van der Waals surface area contributed by atoms with Gasteiger partial charge in [-0.15, -0.1) is 0 Å². The molecule has 3 aromatic heterocycles. The van der Waals surface area contributed by atoms with Crippen molar-refractivity contribution < 1.29 is 23.5 Å². The second-order valence-corrected chi connectivity index (χ2v) is 8.36. The van der Waals surface area contributed by atoms with Crippen LogP contribution in [-0.4, -0.2) is 26.7 Å². The van der Waals surface area contributed by atoms with E-state index in [1.165, 1.54) is 11.2 Å². The number of rotatable bonds is 5. The molecule has 2 aromatic carbocycles. The van der Waals surface area contributed by atoms with E-state index in [1.807, 2.05) is 49.4 Å². The van der Waals surface area contributed by atoms with Crippen LogP contribution in [0.5, 0.6) is 0 Å². The van der Waals surface area contributed by atoms with Crippen molar-refractivity contribution in [3.8, 4) is 0 Å². The number of aryl methyl sites for hydroxylation is 1. The van der Waals surface area contributed by atoms with Crippen molar-refractivity contribution >= 4 is 33.6 Å². The number of fused-ring (bicyclic) bond motifs is 2. The normalized spacial score (nSPS) is 16.3. The maximum absolute atomic E-state index is 13.7. The first kappa shape index (κ1) is 20.1. The number of hydrogen-bond donors (Lipinski definition) is 2. The SMILES string of the molecule is Cc1[nH]c2ccccc2c1C1C(C(=O)c2cc3ccccc3o2)=C(O)C(=O)N1Cc1ccco1. The van der Waals surface area contributed by atoms with Crippen molar-refractivity contribution in [3.63, 3.8) is 0 Å². The van der Waals surface area contributed by atoms with Crippen LogP contribution in [0.2, 0.25) is 0 Å². The molecule has 1 aliphatic rings. The van der Waals surface area contributed by atoms with Gasteiger partial charge >= 0.3 is 0 Å². The predicted octanol–water partition coefficient (Wildman–Crippen LogP) is 5.59. The number of carbonyl (C=O) groups excluding carboxylic acids is 2. The molecule has 0 fully saturated rings. The molecule has 4 heterocycles. The number of furan rings is 2. The second-order valence-electron chi connectivity index (χ2n) is 8.36. The van der Waals surface area contributed by atoms with Crippen molar-refractivity contribution in [2.45, 2.75) is 19.5 Å². The van der Waals surface area contributed by atoms with Gasteiger partial charge in [0, 0.05) is 27.5 Å². The number of benzene rings is 2. The van der Waals surface area contributed by atoms with Gasteiger partial charge in [-0.1, -0.05) is 36.4 Å². The van der Waals surface area contributed by atoms with Crippen LogP contribution < -0.4 is 0 Å². The van der Waals surface area contributed by atoms with Crippen molar-refractivity contribution in [2.75, 3.05) is 0 Å². The highest BCUT2D eigenvalue weighted by molar-refractivity contribution is 6.16. The summed E-state index contributed by atoms with van der Waals surface area (Å²) in [5.41, 5.74) is 2.97. The first-order valence-electron chi connectivity index (χ1n) is 10.9. The number of nitrogens with one attached hydrogen (secondary N) is 1. The molecule has 0 spiro atoms. The molecule has 1 atom stereocenters. The Balaban J connectivity index is 1.54. The third kappa shape index (κ3) is 2.97. The number of hydrogen-bond acceptors (Lipinski definition) is 5. The van der Waals surface area contributed by atoms with Crippen LogP contribution in [0.1, 0.15) is 33.6 Å². The maximum Gasteiger partial charge on any atom is 0.290 e. The third-order valence-corrected chi connectivity index (χ3v) is 6.32. The van der Waals surface area contributed by atoms with Crippen LogP contribution in [0.3, 0.4) is 0 Å². The molecule has 0 aliphatic carbocycles. The minimum absolute atomic E-state index is 0.0107. The molecule has 6 rings (SSSR count). The lowest BCUT2D eigenvalue weighted by atomic mass is 9.93. The monoisotopic (exact) mass is 452 g/mol. The molecule has 7 heteroatoms. The quantitative estimate of drug-likeness (QED) is 0.339. The van der Waals surface area contributed by atoms with Gasteiger partial charge < -0.3 is 23.8 Å². The summed E-state index contributed by atoms with van der Waals surface area (Å²) in [4.78, 5) is 31.8. The van der Waals surface area contributed by atoms with Crippen LogP contribution in [0.25, 0.3) is 21.9 Å². The van der Waals surface area contributed by atoms with Gasteiger partial charge in [-0.3, -0.25) is 9.59 Å². The maximum atomic E-state index is 13.7. The summed E-state index contributed by atoms with van der Waals surface area (Å²) in [6.07, 6.45) is 1.52. The Hall–Kier alpha value is -4.52. The van der Waals surface area contributed by atoms with E-state index in [1.54, 1.807) is 24.3 Å². The molecule has 168 valence electrons. The summed E-state index contributed by atoms with van der Waals surface area (Å²) in [7, 11) is 0. The number of aliphatic hydroxyl groups is 1. The van der Waals surface area contributed by atoms with E-state index in [-0.39, 0.29) is 17.9 Å². The molecular formula is C27H20N2O5. The lowest BCUT2D eigenvalue weighted by Crippen LogP contribution is -2.30. The third-order valence-electron chi connectivity index (χ3n) is 6.32. The first-order valence-corrected chi connectivity index (χ1v) is 10.9. The summed E-state index contributed by atoms with van der Waals surface area (Å²) in [6, 6.07) is 19.3. The summed E-state index contributed by atoms with van der Waals surface area (Å²) in [5, 5.41) is 12.6. The van der Waals surface area contributed by atoms with E-state index in [4.69, 9.17) is 8.83 Å². The van der Waals surface area contributed by atoms with Gasteiger partial charge in [0.15, 0.2) is 11.5 Å². The average molecular weight is 452 g/mol. The molecule has 34 heavy (non-hydrogen) atoms. The standard InChI is InChI=1S/C27H20N2O5/c1-15-22(18-9-3-4-10-19(18)28-15)24-23(25(30)21-13-16-7-2-5-11-20(16)34-21)26(31)27(32)29(24)14-17-8-6-12-33-17/h2-13,24,28,31H,14H2,1H3. The van der Waals surface area contributed by atoms with Gasteiger partial charge in [-0.05, 0) is 37.3 Å². The lowest BCUT2D eigenvalue weighted by Gasteiger charge is -2.26. The number of para-hydroxylation sites is 2. The van der Waals surface area contributed by atoms with Crippen LogP contribution in [-0.2, 0) is 11.3 Å².